The van der Waals surface area contributed by atoms with Crippen LogP contribution in [0.15, 0.2) is 24.4 Å². The highest BCUT2D eigenvalue weighted by Crippen LogP contribution is 2.45. The molecule has 2 aromatic rings. The summed E-state index contributed by atoms with van der Waals surface area (Å²) in [5.74, 6) is -3.11. The Labute approximate surface area is 174 Å². The monoisotopic (exact) mass is 416 g/mol. The van der Waals surface area contributed by atoms with E-state index in [1.807, 2.05) is 6.07 Å². The summed E-state index contributed by atoms with van der Waals surface area (Å²) in [6.45, 7) is 1.67. The predicted molar refractivity (Wildman–Crippen MR) is 108 cm³/mol. The number of hydrogen-bond donors (Lipinski definition) is 1. The number of aromatic amines is 1. The average Bonchev–Trinajstić information content (AvgIpc) is 3.10. The fraction of sp³-hybridized carbons (Fsp3) is 0.545. The molecule has 1 atom stereocenters. The largest absolute Gasteiger partial charge is 0.383 e. The number of nitrogens with one attached hydrogen (secondary N) is 1. The van der Waals surface area contributed by atoms with Crippen LogP contribution in [0.1, 0.15) is 30.4 Å². The Bertz CT molecular complexity index is 983. The Kier molecular flexibility index (Phi) is 5.51. The smallest absolute Gasteiger partial charge is 0.261 e. The third-order valence-electron chi connectivity index (χ3n) is 6.26. The van der Waals surface area contributed by atoms with Gasteiger partial charge in [0.05, 0.1) is 30.2 Å². The number of carbonyl (C=O) groups excluding carboxylic acids is 1. The molecule has 3 heterocycles. The Morgan fingerprint density at radius 1 is 1.33 bits per heavy atom. The third kappa shape index (κ3) is 3.92. The molecule has 1 N–H and O–H groups in total. The SMILES string of the molecule is COCCN1CCC[C@@]2(CN(Cc3c[nH]c4ccc(C#N)cc34)CC(F)(F)C2)C1=O. The number of ether oxygens (including phenoxy) is 1. The molecule has 30 heavy (non-hydrogen) atoms. The number of likely N-dealkylation sites (tertiary alicyclic amines) is 2. The highest BCUT2D eigenvalue weighted by molar-refractivity contribution is 5.85. The molecule has 0 radical (unpaired) electrons. The Hall–Kier alpha value is -2.50. The summed E-state index contributed by atoms with van der Waals surface area (Å²) in [6, 6.07) is 7.44. The lowest BCUT2D eigenvalue weighted by Crippen LogP contribution is -2.61. The van der Waals surface area contributed by atoms with E-state index in [1.165, 1.54) is 0 Å². The second-order valence-corrected chi connectivity index (χ2v) is 8.53. The number of H-pyrrole nitrogens is 1. The molecule has 2 saturated heterocycles. The van der Waals surface area contributed by atoms with Gasteiger partial charge in [0.25, 0.3) is 5.92 Å². The molecule has 1 amide bonds. The zero-order valence-corrected chi connectivity index (χ0v) is 17.1. The van der Waals surface area contributed by atoms with Gasteiger partial charge in [-0.05, 0) is 36.6 Å². The van der Waals surface area contributed by atoms with Crippen molar-refractivity contribution < 1.29 is 18.3 Å². The molecule has 8 heteroatoms. The number of fused-ring (bicyclic) bond motifs is 1. The lowest BCUT2D eigenvalue weighted by molar-refractivity contribution is -0.170. The van der Waals surface area contributed by atoms with Crippen LogP contribution in [-0.2, 0) is 16.1 Å². The average molecular weight is 416 g/mol. The lowest BCUT2D eigenvalue weighted by atomic mass is 9.71. The van der Waals surface area contributed by atoms with E-state index in [9.17, 15) is 18.8 Å². The fourth-order valence-corrected chi connectivity index (χ4v) is 5.03. The number of alkyl halides is 2. The maximum Gasteiger partial charge on any atom is 0.261 e. The predicted octanol–water partition coefficient (Wildman–Crippen LogP) is 3.14. The van der Waals surface area contributed by atoms with Crippen LogP contribution < -0.4 is 0 Å². The molecule has 0 aliphatic carbocycles. The number of amides is 1. The molecule has 4 rings (SSSR count). The van der Waals surface area contributed by atoms with Crippen molar-refractivity contribution in [2.75, 3.05) is 39.9 Å². The van der Waals surface area contributed by atoms with E-state index >= 15 is 0 Å². The zero-order valence-electron chi connectivity index (χ0n) is 17.1. The first-order valence-corrected chi connectivity index (χ1v) is 10.2. The van der Waals surface area contributed by atoms with Gasteiger partial charge in [-0.1, -0.05) is 0 Å². The molecule has 1 aromatic carbocycles. The van der Waals surface area contributed by atoms with E-state index in [0.717, 1.165) is 22.9 Å². The summed E-state index contributed by atoms with van der Waals surface area (Å²) in [5, 5.41) is 10.0. The van der Waals surface area contributed by atoms with Crippen molar-refractivity contribution in [1.29, 1.82) is 5.26 Å². The highest BCUT2D eigenvalue weighted by atomic mass is 19.3. The maximum absolute atomic E-state index is 14.8. The number of hydrogen-bond acceptors (Lipinski definition) is 4. The second kappa shape index (κ2) is 7.97. The van der Waals surface area contributed by atoms with Crippen LogP contribution in [-0.4, -0.2) is 66.5 Å². The standard InChI is InChI=1S/C22H26F2N4O2/c1-30-8-7-28-6-2-5-21(20(28)29)13-22(23,24)15-27(14-21)12-17-11-26-19-4-3-16(10-25)9-18(17)19/h3-4,9,11,26H,2,5-8,12-15H2,1H3/t21-/m1/s1. The summed E-state index contributed by atoms with van der Waals surface area (Å²) < 4.78 is 34.7. The molecule has 2 aliphatic rings. The lowest BCUT2D eigenvalue weighted by Gasteiger charge is -2.49. The number of rotatable bonds is 5. The second-order valence-electron chi connectivity index (χ2n) is 8.53. The van der Waals surface area contributed by atoms with Crippen molar-refractivity contribution in [2.45, 2.75) is 31.7 Å². The van der Waals surface area contributed by atoms with Crippen LogP contribution >= 0.6 is 0 Å². The first-order valence-electron chi connectivity index (χ1n) is 10.2. The number of aromatic nitrogens is 1. The fourth-order valence-electron chi connectivity index (χ4n) is 5.03. The van der Waals surface area contributed by atoms with Crippen LogP contribution in [0.5, 0.6) is 0 Å². The Balaban J connectivity index is 1.59. The van der Waals surface area contributed by atoms with Gasteiger partial charge in [0.1, 0.15) is 0 Å². The van der Waals surface area contributed by atoms with Gasteiger partial charge >= 0.3 is 0 Å². The minimum atomic E-state index is -2.93. The summed E-state index contributed by atoms with van der Waals surface area (Å²) in [5.41, 5.74) is 1.19. The third-order valence-corrected chi connectivity index (χ3v) is 6.26. The minimum Gasteiger partial charge on any atom is -0.383 e. The van der Waals surface area contributed by atoms with Crippen LogP contribution in [0.4, 0.5) is 8.78 Å². The van der Waals surface area contributed by atoms with Crippen LogP contribution in [0, 0.1) is 16.7 Å². The normalized spacial score (nSPS) is 24.5. The summed E-state index contributed by atoms with van der Waals surface area (Å²) in [7, 11) is 1.57. The molecular formula is C22H26F2N4O2. The molecular weight excluding hydrogens is 390 g/mol. The topological polar surface area (TPSA) is 72.4 Å². The first-order chi connectivity index (χ1) is 14.4. The van der Waals surface area contributed by atoms with Gasteiger partial charge in [-0.15, -0.1) is 0 Å². The van der Waals surface area contributed by atoms with E-state index < -0.39 is 17.8 Å². The Morgan fingerprint density at radius 3 is 2.93 bits per heavy atom. The highest BCUT2D eigenvalue weighted by Gasteiger charge is 2.55. The van der Waals surface area contributed by atoms with Crippen molar-refractivity contribution in [2.24, 2.45) is 5.41 Å². The van der Waals surface area contributed by atoms with Crippen molar-refractivity contribution in [1.82, 2.24) is 14.8 Å². The van der Waals surface area contributed by atoms with E-state index in [2.05, 4.69) is 11.1 Å². The van der Waals surface area contributed by atoms with Gasteiger partial charge in [-0.3, -0.25) is 9.69 Å². The summed E-state index contributed by atoms with van der Waals surface area (Å²) >= 11 is 0. The number of benzene rings is 1. The van der Waals surface area contributed by atoms with Crippen LogP contribution in [0.25, 0.3) is 10.9 Å². The number of piperidine rings is 2. The summed E-state index contributed by atoms with van der Waals surface area (Å²) in [4.78, 5) is 19.7. The maximum atomic E-state index is 14.8. The van der Waals surface area contributed by atoms with Crippen LogP contribution in [0.3, 0.4) is 0 Å². The molecule has 6 nitrogen and oxygen atoms in total. The number of carbonyl (C=O) groups is 1. The molecule has 1 aromatic heterocycles. The molecule has 0 saturated carbocycles. The zero-order chi connectivity index (χ0) is 21.4. The van der Waals surface area contributed by atoms with Gasteiger partial charge in [0.2, 0.25) is 5.91 Å². The first kappa shape index (κ1) is 20.8. The molecule has 0 unspecified atom stereocenters. The van der Waals surface area contributed by atoms with Crippen LogP contribution in [0.2, 0.25) is 0 Å². The number of nitriles is 1. The van der Waals surface area contributed by atoms with Crippen molar-refractivity contribution >= 4 is 16.8 Å². The molecule has 2 fully saturated rings. The van der Waals surface area contributed by atoms with Crippen molar-refractivity contribution in [3.63, 3.8) is 0 Å². The van der Waals surface area contributed by atoms with E-state index in [1.54, 1.807) is 35.2 Å². The van der Waals surface area contributed by atoms with Gasteiger partial charge in [-0.2, -0.15) is 5.26 Å². The Morgan fingerprint density at radius 2 is 2.17 bits per heavy atom. The van der Waals surface area contributed by atoms with Gasteiger partial charge in [0, 0.05) is 56.8 Å². The van der Waals surface area contributed by atoms with Gasteiger partial charge in [-0.25, -0.2) is 8.78 Å². The van der Waals surface area contributed by atoms with Crippen molar-refractivity contribution in [3.05, 3.63) is 35.5 Å². The molecule has 0 bridgehead atoms. The van der Waals surface area contributed by atoms with Gasteiger partial charge < -0.3 is 14.6 Å². The molecule has 2 aliphatic heterocycles. The van der Waals surface area contributed by atoms with Gasteiger partial charge in [0.15, 0.2) is 0 Å². The minimum absolute atomic E-state index is 0.180. The van der Waals surface area contributed by atoms with E-state index in [4.69, 9.17) is 4.74 Å². The van der Waals surface area contributed by atoms with E-state index in [0.29, 0.717) is 44.8 Å². The number of nitrogens with zero attached hydrogens (tertiary/aromatic N) is 3. The molecule has 1 spiro atoms. The number of halogens is 2. The molecule has 160 valence electrons. The number of methoxy groups -OCH3 is 1. The summed E-state index contributed by atoms with van der Waals surface area (Å²) in [6.07, 6.45) is 2.61. The quantitative estimate of drug-likeness (QED) is 0.813. The van der Waals surface area contributed by atoms with Crippen molar-refractivity contribution in [3.8, 4) is 6.07 Å². The van der Waals surface area contributed by atoms with E-state index in [-0.39, 0.29) is 12.5 Å².